The van der Waals surface area contributed by atoms with Crippen molar-refractivity contribution in [3.05, 3.63) is 92.4 Å². The van der Waals surface area contributed by atoms with Crippen molar-refractivity contribution in [2.24, 2.45) is 0 Å². The van der Waals surface area contributed by atoms with Gasteiger partial charge in [-0.15, -0.1) is 0 Å². The van der Waals surface area contributed by atoms with Crippen molar-refractivity contribution in [1.29, 1.82) is 0 Å². The van der Waals surface area contributed by atoms with Gasteiger partial charge in [0, 0.05) is 33.5 Å². The molecule has 0 unspecified atom stereocenters. The first-order valence-electron chi connectivity index (χ1n) is 8.60. The Bertz CT molecular complexity index is 1230. The fourth-order valence-electron chi connectivity index (χ4n) is 2.58. The van der Waals surface area contributed by atoms with Gasteiger partial charge in [0.25, 0.3) is 21.6 Å². The molecule has 0 aromatic heterocycles. The largest absolute Gasteiger partial charge is 0.322 e. The highest BCUT2D eigenvalue weighted by Crippen LogP contribution is 2.26. The Morgan fingerprint density at radius 3 is 2.37 bits per heavy atom. The van der Waals surface area contributed by atoms with Crippen LogP contribution in [0.5, 0.6) is 0 Å². The van der Waals surface area contributed by atoms with Crippen molar-refractivity contribution in [2.45, 2.75) is 11.8 Å². The summed E-state index contributed by atoms with van der Waals surface area (Å²) in [6.45, 7) is 1.89. The molecule has 0 saturated carbocycles. The van der Waals surface area contributed by atoms with E-state index in [1.54, 1.807) is 24.3 Å². The first kappa shape index (κ1) is 21.5. The number of anilines is 2. The summed E-state index contributed by atoms with van der Waals surface area (Å²) in [5.41, 5.74) is 1.50. The van der Waals surface area contributed by atoms with Gasteiger partial charge in [0.05, 0.1) is 4.92 Å². The highest BCUT2D eigenvalue weighted by Gasteiger charge is 2.20. The molecular weight excluding hydrogens is 474 g/mol. The SMILES string of the molecule is Cc1ccc(NS(=O)(=O)c2cc(C(=O)Nc3cccc([N+](=O)[O-])c3)ccc2Br)cc1. The number of nitro groups is 1. The number of carbonyl (C=O) groups is 1. The molecular formula is C20H16BrN3O5S. The van der Waals surface area contributed by atoms with Crippen molar-refractivity contribution < 1.29 is 18.1 Å². The molecule has 2 N–H and O–H groups in total. The number of nitro benzene ring substituents is 1. The van der Waals surface area contributed by atoms with Crippen LogP contribution in [0.25, 0.3) is 0 Å². The van der Waals surface area contributed by atoms with E-state index in [1.165, 1.54) is 42.5 Å². The van der Waals surface area contributed by atoms with E-state index in [0.29, 0.717) is 5.69 Å². The van der Waals surface area contributed by atoms with Crippen LogP contribution in [0.2, 0.25) is 0 Å². The molecule has 1 amide bonds. The maximum atomic E-state index is 12.8. The maximum Gasteiger partial charge on any atom is 0.271 e. The van der Waals surface area contributed by atoms with Gasteiger partial charge in [-0.05, 0) is 59.3 Å². The molecule has 30 heavy (non-hydrogen) atoms. The van der Waals surface area contributed by atoms with Gasteiger partial charge in [-0.25, -0.2) is 8.42 Å². The van der Waals surface area contributed by atoms with Crippen molar-refractivity contribution in [1.82, 2.24) is 0 Å². The van der Waals surface area contributed by atoms with Gasteiger partial charge >= 0.3 is 0 Å². The van der Waals surface area contributed by atoms with Crippen LogP contribution < -0.4 is 10.0 Å². The minimum absolute atomic E-state index is 0.0778. The summed E-state index contributed by atoms with van der Waals surface area (Å²) in [7, 11) is -3.97. The lowest BCUT2D eigenvalue weighted by Gasteiger charge is -2.12. The summed E-state index contributed by atoms with van der Waals surface area (Å²) in [5.74, 6) is -0.602. The molecule has 154 valence electrons. The lowest BCUT2D eigenvalue weighted by atomic mass is 10.2. The van der Waals surface area contributed by atoms with Crippen molar-refractivity contribution in [3.8, 4) is 0 Å². The van der Waals surface area contributed by atoms with Crippen LogP contribution in [0.4, 0.5) is 17.1 Å². The Labute approximate surface area is 181 Å². The highest BCUT2D eigenvalue weighted by atomic mass is 79.9. The smallest absolute Gasteiger partial charge is 0.271 e. The van der Waals surface area contributed by atoms with Gasteiger partial charge in [-0.1, -0.05) is 23.8 Å². The van der Waals surface area contributed by atoms with Crippen LogP contribution >= 0.6 is 15.9 Å². The number of nitrogens with zero attached hydrogens (tertiary/aromatic N) is 1. The average molecular weight is 490 g/mol. The molecule has 0 fully saturated rings. The van der Waals surface area contributed by atoms with Crippen LogP contribution in [-0.2, 0) is 10.0 Å². The van der Waals surface area contributed by atoms with E-state index in [0.717, 1.165) is 5.56 Å². The second-order valence-electron chi connectivity index (χ2n) is 6.38. The number of non-ortho nitro benzene ring substituents is 1. The molecule has 0 atom stereocenters. The topological polar surface area (TPSA) is 118 Å². The van der Waals surface area contributed by atoms with E-state index < -0.39 is 20.9 Å². The molecule has 0 heterocycles. The van der Waals surface area contributed by atoms with E-state index >= 15 is 0 Å². The molecule has 0 spiro atoms. The molecule has 10 heteroatoms. The summed E-state index contributed by atoms with van der Waals surface area (Å²) >= 11 is 3.21. The number of aryl methyl sites for hydroxylation is 1. The third-order valence-electron chi connectivity index (χ3n) is 4.10. The lowest BCUT2D eigenvalue weighted by molar-refractivity contribution is -0.384. The van der Waals surface area contributed by atoms with Crippen molar-refractivity contribution in [2.75, 3.05) is 10.0 Å². The molecule has 0 aliphatic heterocycles. The van der Waals surface area contributed by atoms with Crippen molar-refractivity contribution in [3.63, 3.8) is 0 Å². The molecule has 0 bridgehead atoms. The predicted octanol–water partition coefficient (Wildman–Crippen LogP) is 4.72. The number of sulfonamides is 1. The Hall–Kier alpha value is -3.24. The van der Waals surface area contributed by atoms with Gasteiger partial charge < -0.3 is 5.32 Å². The first-order chi connectivity index (χ1) is 14.2. The van der Waals surface area contributed by atoms with Crippen LogP contribution in [0.15, 0.2) is 76.1 Å². The third kappa shape index (κ3) is 5.02. The fourth-order valence-corrected chi connectivity index (χ4v) is 4.63. The van der Waals surface area contributed by atoms with Crippen molar-refractivity contribution >= 4 is 48.9 Å². The average Bonchev–Trinajstić information content (AvgIpc) is 2.70. The third-order valence-corrected chi connectivity index (χ3v) is 6.48. The number of benzene rings is 3. The molecule has 0 radical (unpaired) electrons. The minimum Gasteiger partial charge on any atom is -0.322 e. The van der Waals surface area contributed by atoms with E-state index in [4.69, 9.17) is 0 Å². The Morgan fingerprint density at radius 2 is 1.70 bits per heavy atom. The van der Waals surface area contributed by atoms with Gasteiger partial charge in [0.2, 0.25) is 0 Å². The number of carbonyl (C=O) groups excluding carboxylic acids is 1. The van der Waals surface area contributed by atoms with Gasteiger partial charge in [-0.2, -0.15) is 0 Å². The minimum atomic E-state index is -3.97. The standard InChI is InChI=1S/C20H16BrN3O5S/c1-13-5-8-15(9-6-13)23-30(28,29)19-11-14(7-10-18(19)21)20(25)22-16-3-2-4-17(12-16)24(26)27/h2-12,23H,1H3,(H,22,25). The zero-order chi connectivity index (χ0) is 21.9. The van der Waals surface area contributed by atoms with E-state index in [9.17, 15) is 23.3 Å². The van der Waals surface area contributed by atoms with E-state index in [1.807, 2.05) is 6.92 Å². The molecule has 3 aromatic rings. The Balaban J connectivity index is 1.87. The van der Waals surface area contributed by atoms with Crippen LogP contribution in [-0.4, -0.2) is 19.2 Å². The number of amides is 1. The first-order valence-corrected chi connectivity index (χ1v) is 10.9. The fraction of sp³-hybridized carbons (Fsp3) is 0.0500. The number of rotatable bonds is 6. The molecule has 0 aliphatic rings. The second-order valence-corrected chi connectivity index (χ2v) is 8.88. The summed E-state index contributed by atoms with van der Waals surface area (Å²) in [5, 5.41) is 13.4. The Kier molecular flexibility index (Phi) is 6.18. The number of hydrogen-bond donors (Lipinski definition) is 2. The monoisotopic (exact) mass is 489 g/mol. The van der Waals surface area contributed by atoms with Crippen LogP contribution in [0.1, 0.15) is 15.9 Å². The Morgan fingerprint density at radius 1 is 1.00 bits per heavy atom. The van der Waals surface area contributed by atoms with Crippen LogP contribution in [0.3, 0.4) is 0 Å². The summed E-state index contributed by atoms with van der Waals surface area (Å²) in [4.78, 5) is 22.8. The summed E-state index contributed by atoms with van der Waals surface area (Å²) < 4.78 is 28.4. The number of halogens is 1. The lowest BCUT2D eigenvalue weighted by Crippen LogP contribution is -2.16. The second kappa shape index (κ2) is 8.64. The van der Waals surface area contributed by atoms with Crippen LogP contribution in [0, 0.1) is 17.0 Å². The molecule has 3 rings (SSSR count). The number of nitrogens with one attached hydrogen (secondary N) is 2. The van der Waals surface area contributed by atoms with E-state index in [2.05, 4.69) is 26.0 Å². The van der Waals surface area contributed by atoms with Gasteiger partial charge in [-0.3, -0.25) is 19.6 Å². The molecule has 0 aliphatic carbocycles. The predicted molar refractivity (Wildman–Crippen MR) is 117 cm³/mol. The number of hydrogen-bond acceptors (Lipinski definition) is 5. The zero-order valence-corrected chi connectivity index (χ0v) is 18.0. The normalized spacial score (nSPS) is 11.0. The molecule has 0 saturated heterocycles. The quantitative estimate of drug-likeness (QED) is 0.383. The van der Waals surface area contributed by atoms with E-state index in [-0.39, 0.29) is 26.3 Å². The summed E-state index contributed by atoms with van der Waals surface area (Å²) in [6, 6.07) is 16.4. The highest BCUT2D eigenvalue weighted by molar-refractivity contribution is 9.10. The van der Waals surface area contributed by atoms with Gasteiger partial charge in [0.1, 0.15) is 4.90 Å². The van der Waals surface area contributed by atoms with Gasteiger partial charge in [0.15, 0.2) is 0 Å². The zero-order valence-electron chi connectivity index (χ0n) is 15.6. The summed E-state index contributed by atoms with van der Waals surface area (Å²) in [6.07, 6.45) is 0. The molecule has 8 nitrogen and oxygen atoms in total. The maximum absolute atomic E-state index is 12.8. The molecule has 3 aromatic carbocycles.